The predicted octanol–water partition coefficient (Wildman–Crippen LogP) is 0.501. The van der Waals surface area contributed by atoms with Gasteiger partial charge in [0.25, 0.3) is 5.91 Å². The Balaban J connectivity index is 1.78. The van der Waals surface area contributed by atoms with Gasteiger partial charge in [0.2, 0.25) is 0 Å². The van der Waals surface area contributed by atoms with E-state index in [1.165, 1.54) is 7.11 Å². The molecule has 2 rings (SSSR count). The summed E-state index contributed by atoms with van der Waals surface area (Å²) in [7, 11) is 1.49. The maximum Gasteiger partial charge on any atom is 0.338 e. The first-order chi connectivity index (χ1) is 12.1. The molecule has 1 aromatic heterocycles. The van der Waals surface area contributed by atoms with Gasteiger partial charge in [-0.2, -0.15) is 5.10 Å². The molecule has 2 aromatic rings. The van der Waals surface area contributed by atoms with Crippen LogP contribution in [-0.2, 0) is 14.3 Å². The van der Waals surface area contributed by atoms with Crippen LogP contribution in [0.15, 0.2) is 42.7 Å². The average Bonchev–Trinajstić information content (AvgIpc) is 3.14. The highest BCUT2D eigenvalue weighted by Crippen LogP contribution is 2.09. The number of carbonyl (C=O) groups excluding carboxylic acids is 3. The van der Waals surface area contributed by atoms with E-state index < -0.39 is 24.5 Å². The van der Waals surface area contributed by atoms with Crippen LogP contribution in [0.25, 0.3) is 5.69 Å². The Labute approximate surface area is 143 Å². The molecule has 3 amide bonds. The highest BCUT2D eigenvalue weighted by atomic mass is 16.5. The van der Waals surface area contributed by atoms with Crippen LogP contribution in [-0.4, -0.2) is 54.6 Å². The standard InChI is InChI=1S/C16H18N4O5/c1-24-10-8-17-16(23)19-14(21)11-25-15(22)12-3-5-13(6-4-12)20-9-2-7-18-20/h2-7,9H,8,10-11H2,1H3,(H2,17,19,21,23). The average molecular weight is 346 g/mol. The number of aromatic nitrogens is 2. The van der Waals surface area contributed by atoms with Gasteiger partial charge in [0, 0.05) is 26.0 Å². The zero-order valence-electron chi connectivity index (χ0n) is 13.6. The molecule has 132 valence electrons. The van der Waals surface area contributed by atoms with E-state index in [4.69, 9.17) is 9.47 Å². The number of esters is 1. The second-order valence-electron chi connectivity index (χ2n) is 4.87. The van der Waals surface area contributed by atoms with Gasteiger partial charge < -0.3 is 14.8 Å². The second-order valence-corrected chi connectivity index (χ2v) is 4.87. The van der Waals surface area contributed by atoms with Crippen molar-refractivity contribution in [2.45, 2.75) is 0 Å². The number of carbonyl (C=O) groups is 3. The number of imide groups is 1. The summed E-state index contributed by atoms with van der Waals surface area (Å²) in [4.78, 5) is 34.8. The Morgan fingerprint density at radius 1 is 1.20 bits per heavy atom. The minimum Gasteiger partial charge on any atom is -0.452 e. The monoisotopic (exact) mass is 346 g/mol. The molecule has 0 saturated heterocycles. The first-order valence-electron chi connectivity index (χ1n) is 7.44. The quantitative estimate of drug-likeness (QED) is 0.558. The summed E-state index contributed by atoms with van der Waals surface area (Å²) < 4.78 is 11.3. The number of rotatable bonds is 7. The largest absolute Gasteiger partial charge is 0.452 e. The third-order valence-corrected chi connectivity index (χ3v) is 3.05. The van der Waals surface area contributed by atoms with Crippen molar-refractivity contribution < 1.29 is 23.9 Å². The van der Waals surface area contributed by atoms with E-state index in [1.807, 2.05) is 5.32 Å². The summed E-state index contributed by atoms with van der Waals surface area (Å²) in [6.45, 7) is 0.0283. The van der Waals surface area contributed by atoms with Crippen molar-refractivity contribution in [3.8, 4) is 5.69 Å². The fraction of sp³-hybridized carbons (Fsp3) is 0.250. The molecule has 9 heteroatoms. The molecule has 0 spiro atoms. The normalized spacial score (nSPS) is 10.1. The molecular formula is C16H18N4O5. The summed E-state index contributed by atoms with van der Waals surface area (Å²) in [5.41, 5.74) is 1.07. The van der Waals surface area contributed by atoms with Gasteiger partial charge in [0.1, 0.15) is 0 Å². The molecule has 0 radical (unpaired) electrons. The zero-order chi connectivity index (χ0) is 18.1. The molecule has 1 aromatic carbocycles. The third-order valence-electron chi connectivity index (χ3n) is 3.05. The number of amides is 3. The second kappa shape index (κ2) is 9.18. The smallest absolute Gasteiger partial charge is 0.338 e. The number of methoxy groups -OCH3 is 1. The van der Waals surface area contributed by atoms with Crippen LogP contribution in [0.5, 0.6) is 0 Å². The minimum absolute atomic E-state index is 0.262. The zero-order valence-corrected chi connectivity index (χ0v) is 13.6. The Kier molecular flexibility index (Phi) is 6.66. The SMILES string of the molecule is COCCNC(=O)NC(=O)COC(=O)c1ccc(-n2cccn2)cc1. The molecule has 0 unspecified atom stereocenters. The Hall–Kier alpha value is -3.20. The Bertz CT molecular complexity index is 713. The van der Waals surface area contributed by atoms with E-state index in [0.717, 1.165) is 5.69 Å². The van der Waals surface area contributed by atoms with Crippen LogP contribution in [0.1, 0.15) is 10.4 Å². The molecule has 0 aliphatic heterocycles. The van der Waals surface area contributed by atoms with Crippen molar-refractivity contribution in [3.05, 3.63) is 48.3 Å². The molecule has 0 aliphatic carbocycles. The molecule has 0 fully saturated rings. The number of nitrogens with one attached hydrogen (secondary N) is 2. The van der Waals surface area contributed by atoms with Crippen LogP contribution in [0, 0.1) is 0 Å². The number of nitrogens with zero attached hydrogens (tertiary/aromatic N) is 2. The molecule has 0 atom stereocenters. The van der Waals surface area contributed by atoms with Crippen LogP contribution < -0.4 is 10.6 Å². The number of urea groups is 1. The molecule has 9 nitrogen and oxygen atoms in total. The molecule has 2 N–H and O–H groups in total. The van der Waals surface area contributed by atoms with E-state index in [1.54, 1.807) is 47.4 Å². The van der Waals surface area contributed by atoms with Crippen molar-refractivity contribution in [1.82, 2.24) is 20.4 Å². The van der Waals surface area contributed by atoms with Gasteiger partial charge in [-0.3, -0.25) is 10.1 Å². The molecule has 0 bridgehead atoms. The van der Waals surface area contributed by atoms with Gasteiger partial charge in [0.15, 0.2) is 6.61 Å². The van der Waals surface area contributed by atoms with Crippen LogP contribution in [0.2, 0.25) is 0 Å². The van der Waals surface area contributed by atoms with Gasteiger partial charge in [0.05, 0.1) is 17.9 Å². The highest BCUT2D eigenvalue weighted by molar-refractivity contribution is 5.97. The maximum atomic E-state index is 11.9. The van der Waals surface area contributed by atoms with E-state index in [0.29, 0.717) is 6.61 Å². The van der Waals surface area contributed by atoms with E-state index in [9.17, 15) is 14.4 Å². The highest BCUT2D eigenvalue weighted by Gasteiger charge is 2.12. The van der Waals surface area contributed by atoms with E-state index in [2.05, 4.69) is 10.4 Å². The molecule has 0 saturated carbocycles. The van der Waals surface area contributed by atoms with E-state index in [-0.39, 0.29) is 12.1 Å². The fourth-order valence-corrected chi connectivity index (χ4v) is 1.86. The molecule has 25 heavy (non-hydrogen) atoms. The van der Waals surface area contributed by atoms with Gasteiger partial charge in [-0.15, -0.1) is 0 Å². The summed E-state index contributed by atoms with van der Waals surface area (Å²) in [6.07, 6.45) is 3.42. The van der Waals surface area contributed by atoms with Gasteiger partial charge >= 0.3 is 12.0 Å². The summed E-state index contributed by atoms with van der Waals surface area (Å²) in [6, 6.07) is 7.64. The lowest BCUT2D eigenvalue weighted by molar-refractivity contribution is -0.123. The van der Waals surface area contributed by atoms with Crippen molar-refractivity contribution in [1.29, 1.82) is 0 Å². The summed E-state index contributed by atoms with van der Waals surface area (Å²) in [5, 5.41) is 8.53. The first kappa shape index (κ1) is 18.1. The lowest BCUT2D eigenvalue weighted by Crippen LogP contribution is -2.42. The minimum atomic E-state index is -0.726. The number of benzene rings is 1. The fourth-order valence-electron chi connectivity index (χ4n) is 1.86. The molecular weight excluding hydrogens is 328 g/mol. The summed E-state index contributed by atoms with van der Waals surface area (Å²) in [5.74, 6) is -1.39. The number of hydrogen-bond acceptors (Lipinski definition) is 6. The van der Waals surface area contributed by atoms with Gasteiger partial charge in [-0.05, 0) is 30.3 Å². The first-order valence-corrected chi connectivity index (χ1v) is 7.44. The Morgan fingerprint density at radius 2 is 1.96 bits per heavy atom. The van der Waals surface area contributed by atoms with Crippen molar-refractivity contribution >= 4 is 17.9 Å². The number of ether oxygens (including phenoxy) is 2. The van der Waals surface area contributed by atoms with Crippen LogP contribution in [0.4, 0.5) is 4.79 Å². The third kappa shape index (κ3) is 5.74. The van der Waals surface area contributed by atoms with Crippen molar-refractivity contribution in [3.63, 3.8) is 0 Å². The Morgan fingerprint density at radius 3 is 2.60 bits per heavy atom. The lowest BCUT2D eigenvalue weighted by atomic mass is 10.2. The van der Waals surface area contributed by atoms with E-state index >= 15 is 0 Å². The van der Waals surface area contributed by atoms with Crippen molar-refractivity contribution in [2.75, 3.05) is 26.9 Å². The maximum absolute atomic E-state index is 11.9. The molecule has 0 aliphatic rings. The lowest BCUT2D eigenvalue weighted by Gasteiger charge is -2.07. The van der Waals surface area contributed by atoms with Gasteiger partial charge in [-0.1, -0.05) is 0 Å². The van der Waals surface area contributed by atoms with Gasteiger partial charge in [-0.25, -0.2) is 14.3 Å². The van der Waals surface area contributed by atoms with Crippen LogP contribution in [0.3, 0.4) is 0 Å². The molecule has 1 heterocycles. The summed E-state index contributed by atoms with van der Waals surface area (Å²) >= 11 is 0. The van der Waals surface area contributed by atoms with Crippen LogP contribution >= 0.6 is 0 Å². The number of hydrogen-bond donors (Lipinski definition) is 2. The topological polar surface area (TPSA) is 112 Å². The van der Waals surface area contributed by atoms with Crippen molar-refractivity contribution in [2.24, 2.45) is 0 Å². The predicted molar refractivity (Wildman–Crippen MR) is 87.3 cm³/mol.